The zero-order valence-corrected chi connectivity index (χ0v) is 13.4. The van der Waals surface area contributed by atoms with Gasteiger partial charge in [-0.15, -0.1) is 6.58 Å². The molecule has 2 rings (SSSR count). The Balaban J connectivity index is 0.000000745. The molecule has 2 aliphatic rings. The number of carbonyl (C=O) groups excluding carboxylic acids is 3. The largest absolute Gasteiger partial charge is 0.481 e. The number of rotatable bonds is 2. The van der Waals surface area contributed by atoms with Gasteiger partial charge in [0.25, 0.3) is 0 Å². The summed E-state index contributed by atoms with van der Waals surface area (Å²) >= 11 is 0. The number of Topliss-reactive ketones (excluding diaryl/α,β-unsaturated/α-hetero) is 1. The predicted octanol–water partition coefficient (Wildman–Crippen LogP) is 2.57. The van der Waals surface area contributed by atoms with E-state index in [2.05, 4.69) is 20.4 Å². The van der Waals surface area contributed by atoms with Gasteiger partial charge in [0.1, 0.15) is 5.78 Å². The van der Waals surface area contributed by atoms with Crippen LogP contribution in [0, 0.1) is 35.0 Å². The van der Waals surface area contributed by atoms with Gasteiger partial charge in [-0.1, -0.05) is 26.8 Å². The van der Waals surface area contributed by atoms with Crippen LogP contribution in [0.3, 0.4) is 0 Å². The van der Waals surface area contributed by atoms with Crippen LogP contribution in [-0.4, -0.2) is 23.0 Å². The van der Waals surface area contributed by atoms with Crippen molar-refractivity contribution in [2.75, 3.05) is 0 Å². The van der Waals surface area contributed by atoms with E-state index in [-0.39, 0.29) is 35.1 Å². The minimum absolute atomic E-state index is 0.0445. The topological polar surface area (TPSA) is 88.5 Å². The highest BCUT2D eigenvalue weighted by molar-refractivity contribution is 5.86. The molecule has 0 aromatic rings. The van der Waals surface area contributed by atoms with Crippen LogP contribution in [0.4, 0.5) is 0 Å². The lowest BCUT2D eigenvalue weighted by Gasteiger charge is -2.54. The van der Waals surface area contributed by atoms with Crippen LogP contribution in [0.15, 0.2) is 12.7 Å². The highest BCUT2D eigenvalue weighted by Gasteiger charge is 2.56. The first kappa shape index (κ1) is 18.3. The van der Waals surface area contributed by atoms with Crippen molar-refractivity contribution < 1.29 is 24.3 Å². The Bertz CT molecular complexity index is 491. The molecule has 2 saturated carbocycles. The molecule has 0 aliphatic heterocycles. The van der Waals surface area contributed by atoms with Gasteiger partial charge >= 0.3 is 12.1 Å². The molecule has 2 aliphatic carbocycles. The van der Waals surface area contributed by atoms with Gasteiger partial charge in [-0.3, -0.25) is 9.59 Å². The maximum atomic E-state index is 12.6. The first-order valence-corrected chi connectivity index (χ1v) is 7.62. The molecular weight excluding hydrogens is 284 g/mol. The summed E-state index contributed by atoms with van der Waals surface area (Å²) in [7, 11) is 0. The number of allylic oxidation sites excluding steroid dienone is 1. The third-order valence-electron chi connectivity index (χ3n) is 5.77. The molecule has 0 radical (unpaired) electrons. The van der Waals surface area contributed by atoms with Crippen molar-refractivity contribution in [3.8, 4) is 0 Å². The molecule has 0 aromatic carbocycles. The molecule has 6 atom stereocenters. The van der Waals surface area contributed by atoms with Crippen molar-refractivity contribution in [2.24, 2.45) is 35.0 Å². The molecule has 22 heavy (non-hydrogen) atoms. The number of hydrogen-bond donors (Lipinski definition) is 1. The SMILES string of the molecule is C=C[C@@H]1[C@H]2C(=O)[C@@H](C)C[C@@H](C)[C@]2(C)CC[C@H]1C(=O)O.O=C=O. The molecule has 2 fully saturated rings. The molecule has 0 saturated heterocycles. The second kappa shape index (κ2) is 7.01. The van der Waals surface area contributed by atoms with Crippen molar-refractivity contribution >= 4 is 17.9 Å². The van der Waals surface area contributed by atoms with Crippen LogP contribution >= 0.6 is 0 Å². The van der Waals surface area contributed by atoms with Gasteiger partial charge in [0, 0.05) is 17.8 Å². The third-order valence-corrected chi connectivity index (χ3v) is 5.77. The van der Waals surface area contributed by atoms with Gasteiger partial charge in [0.2, 0.25) is 0 Å². The number of ketones is 1. The van der Waals surface area contributed by atoms with Crippen molar-refractivity contribution in [2.45, 2.75) is 40.0 Å². The van der Waals surface area contributed by atoms with E-state index < -0.39 is 11.9 Å². The minimum Gasteiger partial charge on any atom is -0.481 e. The van der Waals surface area contributed by atoms with E-state index in [1.165, 1.54) is 0 Å². The van der Waals surface area contributed by atoms with E-state index >= 15 is 0 Å². The number of carboxylic acid groups (broad SMARTS) is 1. The fourth-order valence-corrected chi connectivity index (χ4v) is 4.36. The summed E-state index contributed by atoms with van der Waals surface area (Å²) in [5.74, 6) is -0.864. The summed E-state index contributed by atoms with van der Waals surface area (Å²) in [4.78, 5) is 40.3. The van der Waals surface area contributed by atoms with Crippen molar-refractivity contribution in [1.82, 2.24) is 0 Å². The summed E-state index contributed by atoms with van der Waals surface area (Å²) in [6, 6.07) is 0. The van der Waals surface area contributed by atoms with Gasteiger partial charge in [0.15, 0.2) is 0 Å². The number of fused-ring (bicyclic) bond motifs is 1. The third kappa shape index (κ3) is 3.05. The Labute approximate surface area is 130 Å². The average Bonchev–Trinajstić information content (AvgIpc) is 2.45. The fourth-order valence-electron chi connectivity index (χ4n) is 4.36. The molecule has 122 valence electrons. The fraction of sp³-hybridized carbons (Fsp3) is 0.706. The molecular formula is C17H24O5. The van der Waals surface area contributed by atoms with Gasteiger partial charge in [-0.05, 0) is 30.6 Å². The first-order chi connectivity index (χ1) is 10.2. The minimum atomic E-state index is -0.786. The zero-order chi connectivity index (χ0) is 17.1. The lowest BCUT2D eigenvalue weighted by Crippen LogP contribution is -2.54. The molecule has 0 heterocycles. The highest BCUT2D eigenvalue weighted by atomic mass is 16.4. The van der Waals surface area contributed by atoms with E-state index in [1.54, 1.807) is 6.08 Å². The van der Waals surface area contributed by atoms with Gasteiger partial charge in [0.05, 0.1) is 5.92 Å². The smallest absolute Gasteiger partial charge is 0.373 e. The molecule has 5 heteroatoms. The van der Waals surface area contributed by atoms with Crippen LogP contribution in [0.25, 0.3) is 0 Å². The monoisotopic (exact) mass is 308 g/mol. The van der Waals surface area contributed by atoms with E-state index in [0.29, 0.717) is 12.3 Å². The van der Waals surface area contributed by atoms with Crippen molar-refractivity contribution in [3.05, 3.63) is 12.7 Å². The maximum absolute atomic E-state index is 12.6. The standard InChI is InChI=1S/C16H24O3.CO2/c1-5-11-12(15(18)19)6-7-16(4)10(3)8-9(2)14(17)13(11)16;2-1-3/h5,9-13H,1,6-8H2,2-4H3,(H,18,19);/t9-,10+,11-,12+,13-,16-;/m0./s1. The second-order valence-electron chi connectivity index (χ2n) is 6.80. The van der Waals surface area contributed by atoms with Crippen LogP contribution in [-0.2, 0) is 19.2 Å². The van der Waals surface area contributed by atoms with E-state index in [9.17, 15) is 14.7 Å². The predicted molar refractivity (Wildman–Crippen MR) is 78.6 cm³/mol. The van der Waals surface area contributed by atoms with Crippen LogP contribution in [0.5, 0.6) is 0 Å². The van der Waals surface area contributed by atoms with Crippen LogP contribution in [0.2, 0.25) is 0 Å². The van der Waals surface area contributed by atoms with Gasteiger partial charge in [-0.2, -0.15) is 9.59 Å². The molecule has 0 amide bonds. The summed E-state index contributed by atoms with van der Waals surface area (Å²) in [6.45, 7) is 10.2. The van der Waals surface area contributed by atoms with E-state index in [4.69, 9.17) is 9.59 Å². The normalized spacial score (nSPS) is 40.5. The Morgan fingerprint density at radius 3 is 2.41 bits per heavy atom. The number of carboxylic acids is 1. The summed E-state index contributed by atoms with van der Waals surface area (Å²) < 4.78 is 0. The lowest BCUT2D eigenvalue weighted by atomic mass is 9.49. The quantitative estimate of drug-likeness (QED) is 0.792. The van der Waals surface area contributed by atoms with E-state index in [0.717, 1.165) is 12.8 Å². The van der Waals surface area contributed by atoms with Crippen LogP contribution in [0.1, 0.15) is 40.0 Å². The van der Waals surface area contributed by atoms with Gasteiger partial charge < -0.3 is 5.11 Å². The highest BCUT2D eigenvalue weighted by Crippen LogP contribution is 2.56. The number of hydrogen-bond acceptors (Lipinski definition) is 4. The molecule has 5 nitrogen and oxygen atoms in total. The Hall–Kier alpha value is -1.74. The van der Waals surface area contributed by atoms with Crippen molar-refractivity contribution in [1.29, 1.82) is 0 Å². The second-order valence-corrected chi connectivity index (χ2v) is 6.80. The molecule has 0 bridgehead atoms. The number of aliphatic carboxylic acids is 1. The van der Waals surface area contributed by atoms with E-state index in [1.807, 2.05) is 6.92 Å². The molecule has 0 unspecified atom stereocenters. The zero-order valence-electron chi connectivity index (χ0n) is 13.4. The Morgan fingerprint density at radius 1 is 1.41 bits per heavy atom. The van der Waals surface area contributed by atoms with Gasteiger partial charge in [-0.25, -0.2) is 0 Å². The average molecular weight is 308 g/mol. The molecule has 0 aromatic heterocycles. The summed E-state index contributed by atoms with van der Waals surface area (Å²) in [5.41, 5.74) is -0.0611. The molecule has 1 N–H and O–H groups in total. The lowest BCUT2D eigenvalue weighted by molar-refractivity contribution is -0.191. The Morgan fingerprint density at radius 2 is 1.95 bits per heavy atom. The number of carbonyl (C=O) groups is 2. The summed E-state index contributed by atoms with van der Waals surface area (Å²) in [6.07, 6.45) is 4.38. The van der Waals surface area contributed by atoms with Crippen molar-refractivity contribution in [3.63, 3.8) is 0 Å². The Kier molecular flexibility index (Phi) is 5.84. The van der Waals surface area contributed by atoms with Crippen LogP contribution < -0.4 is 0 Å². The summed E-state index contributed by atoms with van der Waals surface area (Å²) in [5, 5.41) is 9.37. The first-order valence-electron chi connectivity index (χ1n) is 7.62. The maximum Gasteiger partial charge on any atom is 0.373 e. The molecule has 0 spiro atoms.